The van der Waals surface area contributed by atoms with Gasteiger partial charge in [0.05, 0.1) is 6.04 Å². The summed E-state index contributed by atoms with van der Waals surface area (Å²) in [6.45, 7) is -0.209. The Morgan fingerprint density at radius 2 is 1.94 bits per heavy atom. The number of aliphatic carboxylic acids is 1. The number of nitrogens with one attached hydrogen (secondary N) is 2. The molecule has 1 saturated heterocycles. The lowest BCUT2D eigenvalue weighted by Crippen LogP contribution is -2.56. The highest BCUT2D eigenvalue weighted by Crippen LogP contribution is 2.20. The molecule has 1 heterocycles. The summed E-state index contributed by atoms with van der Waals surface area (Å²) in [6.07, 6.45) is 3.51. The van der Waals surface area contributed by atoms with E-state index in [1.54, 1.807) is 23.9 Å². The van der Waals surface area contributed by atoms with Crippen molar-refractivity contribution in [1.29, 1.82) is 0 Å². The Bertz CT molecular complexity index is 819. The molecule has 3 amide bonds. The molecule has 1 aliphatic heterocycles. The molecule has 0 aliphatic carbocycles. The number of phenolic OH excluding ortho intramolecular Hbond substituents is 1. The third kappa shape index (κ3) is 7.41. The van der Waals surface area contributed by atoms with Crippen molar-refractivity contribution in [1.82, 2.24) is 15.5 Å². The number of benzene rings is 1. The number of nitrogens with zero attached hydrogens (tertiary/aromatic N) is 1. The summed E-state index contributed by atoms with van der Waals surface area (Å²) in [7, 11) is 0. The first-order valence-electron chi connectivity index (χ1n) is 10.4. The topological polar surface area (TPSA) is 162 Å². The Morgan fingerprint density at radius 1 is 1.25 bits per heavy atom. The number of carbonyl (C=O) groups is 4. The van der Waals surface area contributed by atoms with E-state index in [9.17, 15) is 24.3 Å². The first-order valence-corrected chi connectivity index (χ1v) is 11.7. The highest BCUT2D eigenvalue weighted by Gasteiger charge is 2.38. The van der Waals surface area contributed by atoms with E-state index in [0.717, 1.165) is 0 Å². The zero-order chi connectivity index (χ0) is 23.7. The number of hydrogen-bond donors (Lipinski definition) is 5. The van der Waals surface area contributed by atoms with E-state index in [4.69, 9.17) is 10.8 Å². The first-order chi connectivity index (χ1) is 15.2. The third-order valence-corrected chi connectivity index (χ3v) is 5.86. The van der Waals surface area contributed by atoms with E-state index in [2.05, 4.69) is 10.6 Å². The Kier molecular flexibility index (Phi) is 9.79. The van der Waals surface area contributed by atoms with Gasteiger partial charge < -0.3 is 31.5 Å². The van der Waals surface area contributed by atoms with Crippen LogP contribution in [0.5, 0.6) is 5.75 Å². The van der Waals surface area contributed by atoms with Crippen molar-refractivity contribution < 1.29 is 29.4 Å². The lowest BCUT2D eigenvalue weighted by atomic mass is 10.0. The monoisotopic (exact) mass is 466 g/mol. The van der Waals surface area contributed by atoms with Crippen molar-refractivity contribution >= 4 is 35.5 Å². The fraction of sp³-hybridized carbons (Fsp3) is 0.524. The van der Waals surface area contributed by atoms with Gasteiger partial charge in [-0.1, -0.05) is 12.1 Å². The van der Waals surface area contributed by atoms with Crippen molar-refractivity contribution in [3.05, 3.63) is 29.8 Å². The van der Waals surface area contributed by atoms with Crippen LogP contribution in [0.1, 0.15) is 24.8 Å². The van der Waals surface area contributed by atoms with Gasteiger partial charge >= 0.3 is 5.97 Å². The number of thioether (sulfide) groups is 1. The summed E-state index contributed by atoms with van der Waals surface area (Å²) < 4.78 is 0. The molecule has 0 aromatic heterocycles. The van der Waals surface area contributed by atoms with Crippen LogP contribution in [0.25, 0.3) is 0 Å². The van der Waals surface area contributed by atoms with E-state index in [0.29, 0.717) is 37.1 Å². The van der Waals surface area contributed by atoms with Gasteiger partial charge in [0, 0.05) is 13.0 Å². The molecule has 1 aromatic carbocycles. The van der Waals surface area contributed by atoms with Gasteiger partial charge in [-0.15, -0.1) is 0 Å². The molecule has 3 atom stereocenters. The third-order valence-electron chi connectivity index (χ3n) is 5.21. The molecule has 6 N–H and O–H groups in total. The number of likely N-dealkylation sites (tertiary alicyclic amines) is 1. The predicted molar refractivity (Wildman–Crippen MR) is 120 cm³/mol. The number of carboxylic acids is 1. The highest BCUT2D eigenvalue weighted by molar-refractivity contribution is 7.98. The van der Waals surface area contributed by atoms with Crippen LogP contribution in [0.15, 0.2) is 24.3 Å². The van der Waals surface area contributed by atoms with Crippen LogP contribution in [-0.4, -0.2) is 82.0 Å². The summed E-state index contributed by atoms with van der Waals surface area (Å²) >= 11 is 1.56. The second-order valence-electron chi connectivity index (χ2n) is 7.62. The zero-order valence-corrected chi connectivity index (χ0v) is 18.8. The number of hydrogen-bond acceptors (Lipinski definition) is 7. The molecule has 0 bridgehead atoms. The minimum Gasteiger partial charge on any atom is -0.508 e. The smallest absolute Gasteiger partial charge is 0.322 e. The maximum Gasteiger partial charge on any atom is 0.322 e. The van der Waals surface area contributed by atoms with E-state index < -0.39 is 48.4 Å². The van der Waals surface area contributed by atoms with Gasteiger partial charge in [0.15, 0.2) is 0 Å². The molecular formula is C21H30N4O6S. The lowest BCUT2D eigenvalue weighted by Gasteiger charge is -2.29. The Morgan fingerprint density at radius 3 is 2.56 bits per heavy atom. The molecule has 1 fully saturated rings. The molecular weight excluding hydrogens is 436 g/mol. The number of carbonyl (C=O) groups excluding carboxylic acids is 3. The standard InChI is InChI=1S/C21H30N4O6S/c1-32-10-8-15(22)19(29)24-16(11-13-4-6-14(26)7-5-13)21(31)25-9-2-3-17(25)20(30)23-12-18(27)28/h4-7,15-17,26H,2-3,8-12,22H2,1H3,(H,23,30)(H,24,29)(H,27,28). The van der Waals surface area contributed by atoms with Crippen LogP contribution in [0.4, 0.5) is 0 Å². The fourth-order valence-corrected chi connectivity index (χ4v) is 4.00. The fourth-order valence-electron chi connectivity index (χ4n) is 3.51. The van der Waals surface area contributed by atoms with Crippen LogP contribution < -0.4 is 16.4 Å². The minimum atomic E-state index is -1.18. The molecule has 10 nitrogen and oxygen atoms in total. The van der Waals surface area contributed by atoms with Crippen LogP contribution in [0.2, 0.25) is 0 Å². The van der Waals surface area contributed by atoms with Crippen molar-refractivity contribution in [2.24, 2.45) is 5.73 Å². The molecule has 0 spiro atoms. The molecule has 1 aliphatic rings. The summed E-state index contributed by atoms with van der Waals surface area (Å²) in [5.41, 5.74) is 6.67. The van der Waals surface area contributed by atoms with Crippen molar-refractivity contribution in [3.8, 4) is 5.75 Å². The zero-order valence-electron chi connectivity index (χ0n) is 18.0. The largest absolute Gasteiger partial charge is 0.508 e. The molecule has 3 unspecified atom stereocenters. The quantitative estimate of drug-likeness (QED) is 0.297. The van der Waals surface area contributed by atoms with Crippen LogP contribution in [-0.2, 0) is 25.6 Å². The number of phenols is 1. The number of nitrogens with two attached hydrogens (primary N) is 1. The molecule has 2 rings (SSSR count). The molecule has 176 valence electrons. The van der Waals surface area contributed by atoms with E-state index in [1.807, 2.05) is 6.26 Å². The van der Waals surface area contributed by atoms with E-state index >= 15 is 0 Å². The number of rotatable bonds is 11. The van der Waals surface area contributed by atoms with Gasteiger partial charge in [-0.3, -0.25) is 19.2 Å². The number of carboxylic acid groups (broad SMARTS) is 1. The second-order valence-corrected chi connectivity index (χ2v) is 8.61. The van der Waals surface area contributed by atoms with Crippen LogP contribution >= 0.6 is 11.8 Å². The molecule has 0 radical (unpaired) electrons. The Balaban J connectivity index is 2.17. The molecule has 11 heteroatoms. The number of aromatic hydroxyl groups is 1. The normalized spacial score (nSPS) is 17.4. The SMILES string of the molecule is CSCCC(N)C(=O)NC(Cc1ccc(O)cc1)C(=O)N1CCCC1C(=O)NCC(=O)O. The average molecular weight is 467 g/mol. The van der Waals surface area contributed by atoms with Gasteiger partial charge in [-0.05, 0) is 49.0 Å². The Labute approximate surface area is 190 Å². The minimum absolute atomic E-state index is 0.0782. The van der Waals surface area contributed by atoms with Gasteiger partial charge in [0.2, 0.25) is 17.7 Å². The van der Waals surface area contributed by atoms with Crippen LogP contribution in [0.3, 0.4) is 0 Å². The van der Waals surface area contributed by atoms with E-state index in [1.165, 1.54) is 17.0 Å². The van der Waals surface area contributed by atoms with Gasteiger partial charge in [0.1, 0.15) is 24.4 Å². The van der Waals surface area contributed by atoms with Crippen molar-refractivity contribution in [2.75, 3.05) is 25.1 Å². The highest BCUT2D eigenvalue weighted by atomic mass is 32.2. The molecule has 1 aromatic rings. The van der Waals surface area contributed by atoms with Gasteiger partial charge in [0.25, 0.3) is 0 Å². The molecule has 0 saturated carbocycles. The maximum absolute atomic E-state index is 13.4. The average Bonchev–Trinajstić information content (AvgIpc) is 3.26. The van der Waals surface area contributed by atoms with Crippen LogP contribution in [0, 0.1) is 0 Å². The lowest BCUT2D eigenvalue weighted by molar-refractivity contribution is -0.142. The number of amides is 3. The van der Waals surface area contributed by atoms with E-state index in [-0.39, 0.29) is 12.2 Å². The summed E-state index contributed by atoms with van der Waals surface area (Å²) in [4.78, 5) is 50.5. The summed E-state index contributed by atoms with van der Waals surface area (Å²) in [6, 6.07) is 3.74. The van der Waals surface area contributed by atoms with Crippen molar-refractivity contribution in [2.45, 2.75) is 43.8 Å². The van der Waals surface area contributed by atoms with Gasteiger partial charge in [-0.25, -0.2) is 0 Å². The predicted octanol–water partition coefficient (Wildman–Crippen LogP) is -0.308. The Hall–Kier alpha value is -2.79. The first kappa shape index (κ1) is 25.5. The maximum atomic E-state index is 13.4. The molecule has 32 heavy (non-hydrogen) atoms. The van der Waals surface area contributed by atoms with Crippen molar-refractivity contribution in [3.63, 3.8) is 0 Å². The summed E-state index contributed by atoms with van der Waals surface area (Å²) in [5, 5.41) is 23.3. The summed E-state index contributed by atoms with van der Waals surface area (Å²) in [5.74, 6) is -1.83. The second kappa shape index (κ2) is 12.3. The van der Waals surface area contributed by atoms with Gasteiger partial charge in [-0.2, -0.15) is 11.8 Å².